The van der Waals surface area contributed by atoms with Gasteiger partial charge in [-0.05, 0) is 67.4 Å². The van der Waals surface area contributed by atoms with Crippen molar-refractivity contribution in [1.82, 2.24) is 19.9 Å². The summed E-state index contributed by atoms with van der Waals surface area (Å²) in [7, 11) is 0. The third kappa shape index (κ3) is 7.92. The molecule has 0 unspecified atom stereocenters. The third-order valence-corrected chi connectivity index (χ3v) is 8.42. The van der Waals surface area contributed by atoms with E-state index in [1.54, 1.807) is 42.5 Å². The number of hydrogen-bond donors (Lipinski definition) is 2. The zero-order chi connectivity index (χ0) is 34.6. The number of urea groups is 1. The molecule has 0 radical (unpaired) electrons. The van der Waals surface area contributed by atoms with Gasteiger partial charge in [0.2, 0.25) is 0 Å². The molecule has 2 aliphatic rings. The number of benzene rings is 2. The average molecular weight is 711 g/mol. The molecule has 49 heavy (non-hydrogen) atoms. The summed E-state index contributed by atoms with van der Waals surface area (Å²) in [5, 5.41) is 6.68. The van der Waals surface area contributed by atoms with E-state index in [4.69, 9.17) is 23.2 Å². The predicted octanol–water partition coefficient (Wildman–Crippen LogP) is 9.82. The van der Waals surface area contributed by atoms with Crippen molar-refractivity contribution < 1.29 is 22.4 Å². The van der Waals surface area contributed by atoms with Gasteiger partial charge < -0.3 is 5.32 Å². The average Bonchev–Trinajstić information content (AvgIpc) is 3.32. The lowest BCUT2D eigenvalue weighted by Gasteiger charge is -2.23. The van der Waals surface area contributed by atoms with E-state index in [9.17, 15) is 22.4 Å². The second-order valence-electron chi connectivity index (χ2n) is 11.4. The van der Waals surface area contributed by atoms with Crippen LogP contribution in [0.4, 0.5) is 39.8 Å². The molecular weight excluding hydrogens is 681 g/mol. The molecular formula is C35H29Cl2F4N7O. The van der Waals surface area contributed by atoms with Crippen LogP contribution in [0, 0.1) is 0 Å². The van der Waals surface area contributed by atoms with Crippen LogP contribution in [0.2, 0.25) is 10.0 Å². The molecule has 7 rings (SSSR count). The normalized spacial score (nSPS) is 16.0. The Morgan fingerprint density at radius 3 is 2.08 bits per heavy atom. The minimum absolute atomic E-state index is 0.0271. The highest BCUT2D eigenvalue weighted by atomic mass is 35.5. The zero-order valence-corrected chi connectivity index (χ0v) is 27.3. The van der Waals surface area contributed by atoms with Crippen LogP contribution in [0.3, 0.4) is 0 Å². The number of carbonyl (C=O) groups excluding carboxylic acids is 1. The Labute approximate surface area is 289 Å². The standard InChI is InChI=1S/C20H16ClF2N5O.C15H13ClF2N2/c21-14-4-1-3-13(11-14)16-6-5-15-18(26-16)28(10-2-8-20(15,22)23)19(29)27-17-7-9-24-12-25-17;16-11-4-1-3-10(9-11)13-6-5-12-14(20-13)19-8-2-7-15(12,17)18/h1,3-7,9,11-12H,2,8,10H2,(H,24,25,27,29);1,3-6,9H,2,7-8H2,(H,19,20). The van der Waals surface area contributed by atoms with E-state index in [-0.39, 0.29) is 54.4 Å². The summed E-state index contributed by atoms with van der Waals surface area (Å²) in [4.78, 5) is 30.6. The van der Waals surface area contributed by atoms with Crippen molar-refractivity contribution in [3.05, 3.63) is 113 Å². The lowest BCUT2D eigenvalue weighted by molar-refractivity contribution is -0.0128. The van der Waals surface area contributed by atoms with Gasteiger partial charge in [0.15, 0.2) is 0 Å². The summed E-state index contributed by atoms with van der Waals surface area (Å²) in [6.45, 7) is 0.611. The molecule has 5 aromatic rings. The minimum Gasteiger partial charge on any atom is -0.370 e. The fourth-order valence-electron chi connectivity index (χ4n) is 5.54. The van der Waals surface area contributed by atoms with Crippen molar-refractivity contribution in [2.75, 3.05) is 28.6 Å². The fourth-order valence-corrected chi connectivity index (χ4v) is 5.92. The molecule has 14 heteroatoms. The van der Waals surface area contributed by atoms with Gasteiger partial charge in [-0.15, -0.1) is 0 Å². The number of amides is 2. The molecule has 2 amide bonds. The van der Waals surface area contributed by atoms with E-state index >= 15 is 0 Å². The van der Waals surface area contributed by atoms with Gasteiger partial charge in [0, 0.05) is 53.3 Å². The maximum Gasteiger partial charge on any atom is 0.328 e. The van der Waals surface area contributed by atoms with Crippen LogP contribution < -0.4 is 15.5 Å². The zero-order valence-electron chi connectivity index (χ0n) is 25.8. The number of halogens is 6. The molecule has 0 fully saturated rings. The number of hydrogen-bond acceptors (Lipinski definition) is 6. The number of nitrogens with one attached hydrogen (secondary N) is 2. The van der Waals surface area contributed by atoms with E-state index in [1.807, 2.05) is 12.1 Å². The van der Waals surface area contributed by atoms with Crippen LogP contribution in [0.15, 0.2) is 91.4 Å². The molecule has 2 aliphatic heterocycles. The molecule has 0 saturated carbocycles. The van der Waals surface area contributed by atoms with Gasteiger partial charge in [0.05, 0.1) is 22.5 Å². The second kappa shape index (κ2) is 14.4. The monoisotopic (exact) mass is 709 g/mol. The fraction of sp³-hybridized carbons (Fsp3) is 0.229. The maximum absolute atomic E-state index is 14.7. The van der Waals surface area contributed by atoms with Gasteiger partial charge >= 0.3 is 6.03 Å². The predicted molar refractivity (Wildman–Crippen MR) is 183 cm³/mol. The van der Waals surface area contributed by atoms with Crippen molar-refractivity contribution in [3.63, 3.8) is 0 Å². The molecule has 2 N–H and O–H groups in total. The molecule has 3 aromatic heterocycles. The Hall–Kier alpha value is -4.81. The number of fused-ring (bicyclic) bond motifs is 2. The third-order valence-electron chi connectivity index (χ3n) is 7.95. The van der Waals surface area contributed by atoms with E-state index in [0.29, 0.717) is 40.0 Å². The number of pyridine rings is 2. The van der Waals surface area contributed by atoms with Crippen LogP contribution in [-0.2, 0) is 11.8 Å². The van der Waals surface area contributed by atoms with Crippen molar-refractivity contribution in [2.45, 2.75) is 37.5 Å². The number of aromatic nitrogens is 4. The van der Waals surface area contributed by atoms with Crippen molar-refractivity contribution in [1.29, 1.82) is 0 Å². The van der Waals surface area contributed by atoms with Crippen LogP contribution in [-0.4, -0.2) is 39.1 Å². The number of nitrogens with zero attached hydrogens (tertiary/aromatic N) is 5. The Bertz CT molecular complexity index is 1970. The van der Waals surface area contributed by atoms with Gasteiger partial charge in [0.1, 0.15) is 23.8 Å². The number of carbonyl (C=O) groups is 1. The molecule has 0 spiro atoms. The topological polar surface area (TPSA) is 95.9 Å². The van der Waals surface area contributed by atoms with Crippen molar-refractivity contribution in [2.24, 2.45) is 0 Å². The molecule has 0 atom stereocenters. The quantitative estimate of drug-likeness (QED) is 0.181. The molecule has 8 nitrogen and oxygen atoms in total. The molecule has 0 bridgehead atoms. The van der Waals surface area contributed by atoms with Crippen LogP contribution >= 0.6 is 23.2 Å². The number of alkyl halides is 4. The maximum atomic E-state index is 14.7. The first-order valence-corrected chi connectivity index (χ1v) is 16.1. The minimum atomic E-state index is -3.08. The summed E-state index contributed by atoms with van der Waals surface area (Å²) in [5.74, 6) is -5.44. The largest absolute Gasteiger partial charge is 0.370 e. The summed E-state index contributed by atoms with van der Waals surface area (Å²) >= 11 is 12.0. The van der Waals surface area contributed by atoms with Crippen molar-refractivity contribution in [3.8, 4) is 22.5 Å². The Morgan fingerprint density at radius 2 is 1.43 bits per heavy atom. The SMILES string of the molecule is FC1(F)CCCNc2nc(-c3cccc(Cl)c3)ccc21.O=C(Nc1ccncn1)N1CCCC(F)(F)c2ccc(-c3cccc(Cl)c3)nc21. The van der Waals surface area contributed by atoms with Gasteiger partial charge in [0.25, 0.3) is 11.8 Å². The van der Waals surface area contributed by atoms with Crippen LogP contribution in [0.25, 0.3) is 22.5 Å². The summed E-state index contributed by atoms with van der Waals surface area (Å²) in [5.41, 5.74) is 2.26. The van der Waals surface area contributed by atoms with Crippen LogP contribution in [0.5, 0.6) is 0 Å². The molecule has 2 aromatic carbocycles. The van der Waals surface area contributed by atoms with E-state index in [0.717, 1.165) is 5.56 Å². The van der Waals surface area contributed by atoms with Gasteiger partial charge in [-0.3, -0.25) is 10.2 Å². The lowest BCUT2D eigenvalue weighted by atomic mass is 10.0. The first kappa shape index (κ1) is 34.1. The molecule has 5 heterocycles. The number of rotatable bonds is 3. The smallest absolute Gasteiger partial charge is 0.328 e. The number of anilines is 3. The van der Waals surface area contributed by atoms with E-state index in [2.05, 4.69) is 30.6 Å². The molecule has 252 valence electrons. The molecule has 0 aliphatic carbocycles. The van der Waals surface area contributed by atoms with Gasteiger partial charge in [-0.25, -0.2) is 42.3 Å². The second-order valence-corrected chi connectivity index (χ2v) is 12.3. The highest BCUT2D eigenvalue weighted by molar-refractivity contribution is 6.31. The Kier molecular flexibility index (Phi) is 9.98. The molecule has 0 saturated heterocycles. The van der Waals surface area contributed by atoms with Gasteiger partial charge in [-0.1, -0.05) is 47.5 Å². The summed E-state index contributed by atoms with van der Waals surface area (Å²) in [6.07, 6.45) is 2.81. The highest BCUT2D eigenvalue weighted by Gasteiger charge is 2.40. The van der Waals surface area contributed by atoms with Crippen molar-refractivity contribution >= 4 is 46.7 Å². The lowest BCUT2D eigenvalue weighted by Crippen LogP contribution is -2.36. The summed E-state index contributed by atoms with van der Waals surface area (Å²) in [6, 6.07) is 21.0. The Morgan fingerprint density at radius 1 is 0.796 bits per heavy atom. The first-order valence-electron chi connectivity index (χ1n) is 15.4. The first-order chi connectivity index (χ1) is 23.5. The summed E-state index contributed by atoms with van der Waals surface area (Å²) < 4.78 is 57.3. The Balaban J connectivity index is 0.000000182. The van der Waals surface area contributed by atoms with E-state index in [1.165, 1.54) is 41.7 Å². The van der Waals surface area contributed by atoms with E-state index < -0.39 is 17.9 Å². The highest BCUT2D eigenvalue weighted by Crippen LogP contribution is 2.42. The van der Waals surface area contributed by atoms with Crippen LogP contribution in [0.1, 0.15) is 36.8 Å². The van der Waals surface area contributed by atoms with Gasteiger partial charge in [-0.2, -0.15) is 0 Å².